The number of carbonyl (C=O) groups excluding carboxylic acids is 3. The van der Waals surface area contributed by atoms with Gasteiger partial charge in [0.05, 0.1) is 24.6 Å². The molecule has 2 atom stereocenters. The minimum Gasteiger partial charge on any atom is -0.496 e. The molecule has 1 saturated heterocycles. The molecular formula is C22H23NO5. The average Bonchev–Trinajstić information content (AvgIpc) is 3.13. The highest BCUT2D eigenvalue weighted by Crippen LogP contribution is 2.29. The third-order valence-corrected chi connectivity index (χ3v) is 4.99. The van der Waals surface area contributed by atoms with Gasteiger partial charge in [0.15, 0.2) is 6.61 Å². The summed E-state index contributed by atoms with van der Waals surface area (Å²) in [5.41, 5.74) is 1.37. The third-order valence-electron chi connectivity index (χ3n) is 4.99. The second kappa shape index (κ2) is 8.69. The minimum absolute atomic E-state index is 0.0886. The number of methoxy groups -OCH3 is 1. The van der Waals surface area contributed by atoms with Crippen molar-refractivity contribution in [2.75, 3.05) is 20.3 Å². The van der Waals surface area contributed by atoms with Crippen LogP contribution in [0.25, 0.3) is 0 Å². The number of hydrogen-bond donors (Lipinski definition) is 0. The van der Waals surface area contributed by atoms with Crippen molar-refractivity contribution in [3.8, 4) is 5.75 Å². The standard InChI is InChI=1S/C22H23NO5/c1-15(16-8-4-3-5-9-16)23-13-17(12-21(23)25)22(26)28-14-19(24)18-10-6-7-11-20(18)27-2/h3-11,15,17H,12-14H2,1-2H3/t15-,17-/m0/s1. The van der Waals surface area contributed by atoms with Gasteiger partial charge in [0.2, 0.25) is 11.7 Å². The number of ketones is 1. The summed E-state index contributed by atoms with van der Waals surface area (Å²) in [6.07, 6.45) is 0.0961. The van der Waals surface area contributed by atoms with Crippen LogP contribution in [0.15, 0.2) is 54.6 Å². The lowest BCUT2D eigenvalue weighted by atomic mass is 10.1. The lowest BCUT2D eigenvalue weighted by molar-refractivity contribution is -0.147. The van der Waals surface area contributed by atoms with Crippen LogP contribution in [0.5, 0.6) is 5.75 Å². The van der Waals surface area contributed by atoms with E-state index in [4.69, 9.17) is 9.47 Å². The number of para-hydroxylation sites is 1. The number of hydrogen-bond acceptors (Lipinski definition) is 5. The zero-order chi connectivity index (χ0) is 20.1. The van der Waals surface area contributed by atoms with Crippen LogP contribution in [0.2, 0.25) is 0 Å². The van der Waals surface area contributed by atoms with Crippen LogP contribution in [-0.4, -0.2) is 42.8 Å². The van der Waals surface area contributed by atoms with Crippen LogP contribution in [0.3, 0.4) is 0 Å². The Kier molecular flexibility index (Phi) is 6.09. The fraction of sp³-hybridized carbons (Fsp3) is 0.318. The topological polar surface area (TPSA) is 72.9 Å². The molecule has 0 aromatic heterocycles. The Hall–Kier alpha value is -3.15. The molecule has 6 heteroatoms. The molecule has 6 nitrogen and oxygen atoms in total. The maximum absolute atomic E-state index is 12.4. The van der Waals surface area contributed by atoms with Crippen molar-refractivity contribution in [3.05, 3.63) is 65.7 Å². The van der Waals surface area contributed by atoms with Gasteiger partial charge in [-0.3, -0.25) is 14.4 Å². The van der Waals surface area contributed by atoms with Gasteiger partial charge in [-0.05, 0) is 24.6 Å². The van der Waals surface area contributed by atoms with E-state index in [1.165, 1.54) is 7.11 Å². The Morgan fingerprint density at radius 1 is 1.11 bits per heavy atom. The van der Waals surface area contributed by atoms with E-state index in [0.29, 0.717) is 11.3 Å². The summed E-state index contributed by atoms with van der Waals surface area (Å²) in [6, 6.07) is 16.3. The first-order valence-electron chi connectivity index (χ1n) is 9.18. The quantitative estimate of drug-likeness (QED) is 0.544. The van der Waals surface area contributed by atoms with Crippen LogP contribution < -0.4 is 4.74 Å². The molecule has 0 radical (unpaired) electrons. The van der Waals surface area contributed by atoms with Crippen LogP contribution in [0.1, 0.15) is 35.3 Å². The van der Waals surface area contributed by atoms with E-state index in [2.05, 4.69) is 0 Å². The van der Waals surface area contributed by atoms with Crippen LogP contribution >= 0.6 is 0 Å². The van der Waals surface area contributed by atoms with Crippen molar-refractivity contribution >= 4 is 17.7 Å². The molecule has 2 aromatic rings. The highest BCUT2D eigenvalue weighted by Gasteiger charge is 2.38. The number of ether oxygens (including phenoxy) is 2. The Morgan fingerprint density at radius 3 is 2.50 bits per heavy atom. The molecule has 0 N–H and O–H groups in total. The number of rotatable bonds is 7. The van der Waals surface area contributed by atoms with Crippen molar-refractivity contribution < 1.29 is 23.9 Å². The van der Waals surface area contributed by atoms with Crippen LogP contribution in [0, 0.1) is 5.92 Å². The van der Waals surface area contributed by atoms with Gasteiger partial charge in [0.1, 0.15) is 5.75 Å². The van der Waals surface area contributed by atoms with Crippen molar-refractivity contribution in [3.63, 3.8) is 0 Å². The maximum Gasteiger partial charge on any atom is 0.311 e. The van der Waals surface area contributed by atoms with Gasteiger partial charge in [-0.15, -0.1) is 0 Å². The molecule has 1 aliphatic rings. The molecule has 1 heterocycles. The monoisotopic (exact) mass is 381 g/mol. The Labute approximate surface area is 164 Å². The van der Waals surface area contributed by atoms with Gasteiger partial charge in [-0.2, -0.15) is 0 Å². The van der Waals surface area contributed by atoms with E-state index in [-0.39, 0.29) is 37.3 Å². The first-order valence-corrected chi connectivity index (χ1v) is 9.18. The number of Topliss-reactive ketones (excluding diaryl/α,β-unsaturated/α-hetero) is 1. The summed E-state index contributed by atoms with van der Waals surface area (Å²) in [5, 5.41) is 0. The third kappa shape index (κ3) is 4.22. The number of esters is 1. The number of carbonyl (C=O) groups is 3. The van der Waals surface area contributed by atoms with Gasteiger partial charge in [0.25, 0.3) is 0 Å². The van der Waals surface area contributed by atoms with Gasteiger partial charge < -0.3 is 14.4 Å². The van der Waals surface area contributed by atoms with E-state index in [1.54, 1.807) is 29.2 Å². The van der Waals surface area contributed by atoms with Crippen LogP contribution in [-0.2, 0) is 14.3 Å². The van der Waals surface area contributed by atoms with Crippen molar-refractivity contribution in [2.45, 2.75) is 19.4 Å². The van der Waals surface area contributed by atoms with E-state index in [0.717, 1.165) is 5.56 Å². The fourth-order valence-electron chi connectivity index (χ4n) is 3.38. The molecule has 0 saturated carbocycles. The highest BCUT2D eigenvalue weighted by atomic mass is 16.5. The molecule has 2 aromatic carbocycles. The summed E-state index contributed by atoms with van der Waals surface area (Å²) in [5.74, 6) is -1.09. The number of nitrogens with zero attached hydrogens (tertiary/aromatic N) is 1. The normalized spacial score (nSPS) is 17.3. The molecule has 0 unspecified atom stereocenters. The molecule has 1 aliphatic heterocycles. The van der Waals surface area contributed by atoms with Crippen LogP contribution in [0.4, 0.5) is 0 Å². The zero-order valence-corrected chi connectivity index (χ0v) is 16.0. The SMILES string of the molecule is COc1ccccc1C(=O)COC(=O)[C@H]1CC(=O)N([C@@H](C)c2ccccc2)C1. The average molecular weight is 381 g/mol. The number of likely N-dealkylation sites (tertiary alicyclic amines) is 1. The molecule has 28 heavy (non-hydrogen) atoms. The maximum atomic E-state index is 12.4. The first-order chi connectivity index (χ1) is 13.5. The predicted octanol–water partition coefficient (Wildman–Crippen LogP) is 3.03. The zero-order valence-electron chi connectivity index (χ0n) is 16.0. The summed E-state index contributed by atoms with van der Waals surface area (Å²) in [7, 11) is 1.48. The molecule has 0 spiro atoms. The first kappa shape index (κ1) is 19.6. The number of benzene rings is 2. The highest BCUT2D eigenvalue weighted by molar-refractivity contribution is 6.00. The van der Waals surface area contributed by atoms with Gasteiger partial charge in [0, 0.05) is 13.0 Å². The lowest BCUT2D eigenvalue weighted by Gasteiger charge is -2.25. The predicted molar refractivity (Wildman–Crippen MR) is 103 cm³/mol. The second-order valence-electron chi connectivity index (χ2n) is 6.76. The summed E-state index contributed by atoms with van der Waals surface area (Å²) in [6.45, 7) is 1.85. The Morgan fingerprint density at radius 2 is 1.79 bits per heavy atom. The summed E-state index contributed by atoms with van der Waals surface area (Å²) >= 11 is 0. The van der Waals surface area contributed by atoms with Gasteiger partial charge >= 0.3 is 5.97 Å². The molecular weight excluding hydrogens is 358 g/mol. The Bertz CT molecular complexity index is 864. The molecule has 146 valence electrons. The molecule has 0 aliphatic carbocycles. The minimum atomic E-state index is -0.566. The van der Waals surface area contributed by atoms with Crippen molar-refractivity contribution in [1.29, 1.82) is 0 Å². The largest absolute Gasteiger partial charge is 0.496 e. The molecule has 0 bridgehead atoms. The summed E-state index contributed by atoms with van der Waals surface area (Å²) < 4.78 is 10.4. The van der Waals surface area contributed by atoms with Gasteiger partial charge in [-0.1, -0.05) is 42.5 Å². The molecule has 1 amide bonds. The van der Waals surface area contributed by atoms with E-state index in [1.807, 2.05) is 37.3 Å². The molecule has 1 fully saturated rings. The summed E-state index contributed by atoms with van der Waals surface area (Å²) in [4.78, 5) is 38.8. The lowest BCUT2D eigenvalue weighted by Crippen LogP contribution is -2.30. The number of amides is 1. The van der Waals surface area contributed by atoms with E-state index >= 15 is 0 Å². The van der Waals surface area contributed by atoms with Crippen molar-refractivity contribution in [1.82, 2.24) is 4.90 Å². The Balaban J connectivity index is 1.58. The second-order valence-corrected chi connectivity index (χ2v) is 6.76. The smallest absolute Gasteiger partial charge is 0.311 e. The van der Waals surface area contributed by atoms with Crippen molar-refractivity contribution in [2.24, 2.45) is 5.92 Å². The fourth-order valence-corrected chi connectivity index (χ4v) is 3.38. The van der Waals surface area contributed by atoms with E-state index < -0.39 is 11.9 Å². The van der Waals surface area contributed by atoms with E-state index in [9.17, 15) is 14.4 Å². The molecule has 3 rings (SSSR count). The van der Waals surface area contributed by atoms with Gasteiger partial charge in [-0.25, -0.2) is 0 Å².